The van der Waals surface area contributed by atoms with Gasteiger partial charge in [-0.05, 0) is 56.4 Å². The van der Waals surface area contributed by atoms with Gasteiger partial charge in [0.25, 0.3) is 0 Å². The highest BCUT2D eigenvalue weighted by atomic mass is 16.1. The van der Waals surface area contributed by atoms with Gasteiger partial charge in [0.05, 0.1) is 23.0 Å². The molecule has 0 saturated heterocycles. The quantitative estimate of drug-likeness (QED) is 0.461. The summed E-state index contributed by atoms with van der Waals surface area (Å²) in [6.07, 6.45) is 9.80. The number of anilines is 1. The number of rotatable bonds is 6. The lowest BCUT2D eigenvalue weighted by atomic mass is 10.0. The van der Waals surface area contributed by atoms with Crippen molar-refractivity contribution in [1.82, 2.24) is 29.5 Å². The van der Waals surface area contributed by atoms with Gasteiger partial charge in [0.1, 0.15) is 12.1 Å². The molecule has 1 saturated carbocycles. The number of aryl methyl sites for hydroxylation is 3. The van der Waals surface area contributed by atoms with E-state index in [1.54, 1.807) is 10.9 Å². The van der Waals surface area contributed by atoms with E-state index in [9.17, 15) is 4.79 Å². The number of carbonyl (C=O) groups excluding carboxylic acids is 1. The Kier molecular flexibility index (Phi) is 5.66. The van der Waals surface area contributed by atoms with E-state index < -0.39 is 0 Å². The lowest BCUT2D eigenvalue weighted by Crippen LogP contribution is -2.16. The van der Waals surface area contributed by atoms with E-state index in [1.807, 2.05) is 23.7 Å². The largest absolute Gasteiger partial charge is 0.311 e. The van der Waals surface area contributed by atoms with Crippen LogP contribution in [0.2, 0.25) is 0 Å². The summed E-state index contributed by atoms with van der Waals surface area (Å²) in [5, 5.41) is 13.0. The maximum atomic E-state index is 12.7. The number of benzene rings is 1. The Morgan fingerprint density at radius 2 is 1.88 bits per heavy atom. The molecule has 1 aliphatic carbocycles. The van der Waals surface area contributed by atoms with Crippen molar-refractivity contribution in [3.63, 3.8) is 0 Å². The minimum atomic E-state index is 0.0131. The van der Waals surface area contributed by atoms with Crippen molar-refractivity contribution in [2.45, 2.75) is 59.3 Å². The Balaban J connectivity index is 1.45. The average molecular weight is 444 g/mol. The molecular formula is C25H29N7O. The van der Waals surface area contributed by atoms with Crippen LogP contribution in [0.15, 0.2) is 36.8 Å². The maximum absolute atomic E-state index is 12.7. The van der Waals surface area contributed by atoms with Crippen molar-refractivity contribution >= 4 is 22.8 Å². The van der Waals surface area contributed by atoms with Crippen LogP contribution in [0, 0.1) is 26.7 Å². The minimum Gasteiger partial charge on any atom is -0.311 e. The molecule has 33 heavy (non-hydrogen) atoms. The number of carbonyl (C=O) groups is 1. The molecule has 8 nitrogen and oxygen atoms in total. The molecular weight excluding hydrogens is 414 g/mol. The number of hydrogen-bond donors (Lipinski definition) is 1. The summed E-state index contributed by atoms with van der Waals surface area (Å²) in [6, 6.07) is 8.08. The number of nitrogens with one attached hydrogen (secondary N) is 1. The lowest BCUT2D eigenvalue weighted by Gasteiger charge is -2.11. The molecule has 170 valence electrons. The van der Waals surface area contributed by atoms with Crippen molar-refractivity contribution < 1.29 is 4.79 Å². The molecule has 8 heteroatoms. The molecule has 0 aliphatic heterocycles. The fourth-order valence-electron chi connectivity index (χ4n) is 4.64. The topological polar surface area (TPSA) is 90.5 Å². The van der Waals surface area contributed by atoms with Crippen LogP contribution in [0.1, 0.15) is 55.3 Å². The smallest absolute Gasteiger partial charge is 0.225 e. The second-order valence-corrected chi connectivity index (χ2v) is 9.08. The molecule has 1 amide bonds. The molecule has 1 N–H and O–H groups in total. The van der Waals surface area contributed by atoms with Crippen LogP contribution >= 0.6 is 0 Å². The summed E-state index contributed by atoms with van der Waals surface area (Å²) in [4.78, 5) is 21.7. The van der Waals surface area contributed by atoms with Crippen LogP contribution in [0.3, 0.4) is 0 Å². The Hall–Kier alpha value is -3.55. The fraction of sp³-hybridized carbons (Fsp3) is 0.400. The van der Waals surface area contributed by atoms with E-state index in [-0.39, 0.29) is 5.91 Å². The van der Waals surface area contributed by atoms with Gasteiger partial charge >= 0.3 is 0 Å². The molecule has 0 spiro atoms. The van der Waals surface area contributed by atoms with Gasteiger partial charge in [-0.25, -0.2) is 14.6 Å². The molecule has 1 aliphatic rings. The Labute approximate surface area is 193 Å². The first-order valence-electron chi connectivity index (χ1n) is 11.6. The fourth-order valence-corrected chi connectivity index (χ4v) is 4.64. The molecule has 0 unspecified atom stereocenters. The van der Waals surface area contributed by atoms with Crippen LogP contribution in [0.25, 0.3) is 22.5 Å². The van der Waals surface area contributed by atoms with Crippen LogP contribution in [0.5, 0.6) is 0 Å². The monoisotopic (exact) mass is 443 g/mol. The van der Waals surface area contributed by atoms with Gasteiger partial charge in [0.15, 0.2) is 11.5 Å². The summed E-state index contributed by atoms with van der Waals surface area (Å²) in [6.45, 7) is 6.07. The van der Waals surface area contributed by atoms with E-state index >= 15 is 0 Å². The number of hydrogen-bond acceptors (Lipinski definition) is 5. The molecule has 0 bridgehead atoms. The Morgan fingerprint density at radius 3 is 2.67 bits per heavy atom. The molecule has 0 radical (unpaired) electrons. The van der Waals surface area contributed by atoms with Gasteiger partial charge in [0, 0.05) is 12.5 Å². The molecule has 0 atom stereocenters. The highest BCUT2D eigenvalue weighted by molar-refractivity contribution is 5.91. The number of fused-ring (bicyclic) bond motifs is 1. The highest BCUT2D eigenvalue weighted by Crippen LogP contribution is 2.29. The van der Waals surface area contributed by atoms with Gasteiger partial charge in [-0.15, -0.1) is 0 Å². The molecule has 3 aromatic heterocycles. The zero-order valence-electron chi connectivity index (χ0n) is 19.4. The van der Waals surface area contributed by atoms with E-state index in [2.05, 4.69) is 51.5 Å². The highest BCUT2D eigenvalue weighted by Gasteiger charge is 2.19. The van der Waals surface area contributed by atoms with Gasteiger partial charge in [-0.3, -0.25) is 4.79 Å². The SMILES string of the molecule is Cc1cc(NC(=O)CCC2CCCC2)n(-c2ncnc3c2cnn3-c2ccc(C)c(C)c2)n1. The predicted molar refractivity (Wildman–Crippen MR) is 128 cm³/mol. The first-order chi connectivity index (χ1) is 16.0. The van der Waals surface area contributed by atoms with Crippen molar-refractivity contribution in [2.24, 2.45) is 5.92 Å². The number of nitrogens with zero attached hydrogens (tertiary/aromatic N) is 6. The number of aromatic nitrogens is 6. The van der Waals surface area contributed by atoms with Crippen LogP contribution in [-0.4, -0.2) is 35.4 Å². The summed E-state index contributed by atoms with van der Waals surface area (Å²) in [7, 11) is 0. The van der Waals surface area contributed by atoms with Crippen molar-refractivity contribution in [1.29, 1.82) is 0 Å². The minimum absolute atomic E-state index is 0.0131. The molecule has 1 fully saturated rings. The maximum Gasteiger partial charge on any atom is 0.225 e. The van der Waals surface area contributed by atoms with Crippen LogP contribution in [0.4, 0.5) is 5.82 Å². The molecule has 5 rings (SSSR count). The van der Waals surface area contributed by atoms with E-state index in [0.29, 0.717) is 29.6 Å². The second kappa shape index (κ2) is 8.77. The average Bonchev–Trinajstić information content (AvgIpc) is 3.54. The lowest BCUT2D eigenvalue weighted by molar-refractivity contribution is -0.116. The first-order valence-corrected chi connectivity index (χ1v) is 11.6. The van der Waals surface area contributed by atoms with Crippen LogP contribution < -0.4 is 5.32 Å². The van der Waals surface area contributed by atoms with Gasteiger partial charge in [-0.1, -0.05) is 31.7 Å². The third kappa shape index (κ3) is 4.25. The van der Waals surface area contributed by atoms with E-state index in [1.165, 1.54) is 43.1 Å². The summed E-state index contributed by atoms with van der Waals surface area (Å²) < 4.78 is 3.49. The van der Waals surface area contributed by atoms with E-state index in [0.717, 1.165) is 23.2 Å². The zero-order chi connectivity index (χ0) is 22.9. The van der Waals surface area contributed by atoms with Gasteiger partial charge < -0.3 is 5.32 Å². The normalized spacial score (nSPS) is 14.3. The van der Waals surface area contributed by atoms with Crippen molar-refractivity contribution in [3.05, 3.63) is 53.6 Å². The second-order valence-electron chi connectivity index (χ2n) is 9.08. The van der Waals surface area contributed by atoms with E-state index in [4.69, 9.17) is 0 Å². The summed E-state index contributed by atoms with van der Waals surface area (Å²) in [5.74, 6) is 1.90. The zero-order valence-corrected chi connectivity index (χ0v) is 19.4. The third-order valence-electron chi connectivity index (χ3n) is 6.63. The third-order valence-corrected chi connectivity index (χ3v) is 6.63. The van der Waals surface area contributed by atoms with Crippen LogP contribution in [-0.2, 0) is 4.79 Å². The first kappa shape index (κ1) is 21.3. The Bertz CT molecular complexity index is 1310. The Morgan fingerprint density at radius 1 is 1.06 bits per heavy atom. The molecule has 1 aromatic carbocycles. The predicted octanol–water partition coefficient (Wildman–Crippen LogP) is 4.84. The molecule has 3 heterocycles. The summed E-state index contributed by atoms with van der Waals surface area (Å²) in [5.41, 5.74) is 4.85. The number of amides is 1. The van der Waals surface area contributed by atoms with Crippen molar-refractivity contribution in [2.75, 3.05) is 5.32 Å². The standard InChI is InChI=1S/C25H29N7O/c1-16-8-10-20(12-17(16)2)31-24-21(14-28-31)25(27-15-26-24)32-22(13-18(3)30-32)29-23(33)11-9-19-6-4-5-7-19/h8,10,12-15,19H,4-7,9,11H2,1-3H3,(H,29,33). The van der Waals surface area contributed by atoms with Gasteiger partial charge in [-0.2, -0.15) is 14.9 Å². The van der Waals surface area contributed by atoms with Gasteiger partial charge in [0.2, 0.25) is 5.91 Å². The molecule has 4 aromatic rings. The van der Waals surface area contributed by atoms with Crippen molar-refractivity contribution in [3.8, 4) is 11.5 Å². The summed E-state index contributed by atoms with van der Waals surface area (Å²) >= 11 is 0.